The number of unbranched alkanes of at least 4 members (excludes halogenated alkanes) is 43. The molecule has 17 nitrogen and oxygen atoms in total. The first-order valence-electron chi connectivity index (χ1n) is 35.8. The zero-order valence-corrected chi connectivity index (χ0v) is 57.8. The standard InChI is InChI=1S/C68H132O17P2/c1-5-9-13-17-21-25-28-31-34-38-41-45-49-53-66(71)78-58-63(84-67(72)54-50-46-42-36-24-20-16-12-8-4)60-82-86(74,75)80-56-62(69)57-81-87(76,77)83-61-64(59-79-65(70)52-48-44-40-37-33-30-27-23-19-15-11-7-3)85-68(73)55-51-47-43-39-35-32-29-26-22-18-14-10-6-2/h62-64,69H,5-61H2,1-4H3,(H,74,75)(H,76,77)/t62-,63+,64+/m0/s1. The second kappa shape index (κ2) is 62.8. The smallest absolute Gasteiger partial charge is 0.462 e. The summed E-state index contributed by atoms with van der Waals surface area (Å²) in [6.07, 6.45) is 49.7. The Labute approximate surface area is 530 Å². The Morgan fingerprint density at radius 1 is 0.276 bits per heavy atom. The van der Waals surface area contributed by atoms with E-state index in [0.717, 1.165) is 89.9 Å². The first kappa shape index (κ1) is 85.1. The summed E-state index contributed by atoms with van der Waals surface area (Å²) in [6, 6.07) is 0. The summed E-state index contributed by atoms with van der Waals surface area (Å²) in [5.74, 6) is -2.12. The van der Waals surface area contributed by atoms with Crippen LogP contribution in [0, 0.1) is 0 Å². The molecule has 2 unspecified atom stereocenters. The molecule has 0 radical (unpaired) electrons. The molecule has 0 aromatic carbocycles. The number of aliphatic hydroxyl groups excluding tert-OH is 1. The molecule has 0 aliphatic heterocycles. The Hall–Kier alpha value is -1.94. The Morgan fingerprint density at radius 3 is 0.678 bits per heavy atom. The van der Waals surface area contributed by atoms with E-state index in [2.05, 4.69) is 27.7 Å². The molecule has 516 valence electrons. The zero-order chi connectivity index (χ0) is 64.0. The summed E-state index contributed by atoms with van der Waals surface area (Å²) >= 11 is 0. The third-order valence-corrected chi connectivity index (χ3v) is 17.8. The van der Waals surface area contributed by atoms with Crippen LogP contribution in [0.4, 0.5) is 0 Å². The maximum absolute atomic E-state index is 13.0. The van der Waals surface area contributed by atoms with E-state index in [1.165, 1.54) is 186 Å². The van der Waals surface area contributed by atoms with Crippen molar-refractivity contribution in [1.82, 2.24) is 0 Å². The van der Waals surface area contributed by atoms with Crippen molar-refractivity contribution < 1.29 is 80.2 Å². The molecule has 0 spiro atoms. The van der Waals surface area contributed by atoms with Crippen LogP contribution in [0.1, 0.15) is 355 Å². The number of hydrogen-bond donors (Lipinski definition) is 3. The first-order chi connectivity index (χ1) is 42.2. The molecule has 0 heterocycles. The third-order valence-electron chi connectivity index (χ3n) is 15.9. The third kappa shape index (κ3) is 62.6. The summed E-state index contributed by atoms with van der Waals surface area (Å²) < 4.78 is 68.2. The number of hydrogen-bond acceptors (Lipinski definition) is 15. The Balaban J connectivity index is 5.22. The molecule has 0 fully saturated rings. The summed E-state index contributed by atoms with van der Waals surface area (Å²) in [4.78, 5) is 72.4. The molecule has 0 rings (SSSR count). The topological polar surface area (TPSA) is 237 Å². The Morgan fingerprint density at radius 2 is 0.460 bits per heavy atom. The maximum atomic E-state index is 13.0. The lowest BCUT2D eigenvalue weighted by Gasteiger charge is -2.21. The van der Waals surface area contributed by atoms with Gasteiger partial charge in [-0.25, -0.2) is 9.13 Å². The number of esters is 4. The fraction of sp³-hybridized carbons (Fsp3) is 0.941. The lowest BCUT2D eigenvalue weighted by atomic mass is 10.0. The number of carbonyl (C=O) groups is 4. The van der Waals surface area contributed by atoms with Crippen molar-refractivity contribution in [2.24, 2.45) is 0 Å². The molecule has 0 saturated carbocycles. The first-order valence-corrected chi connectivity index (χ1v) is 38.8. The van der Waals surface area contributed by atoms with Gasteiger partial charge in [0.15, 0.2) is 12.2 Å². The molecule has 3 N–H and O–H groups in total. The molecule has 0 aromatic heterocycles. The highest BCUT2D eigenvalue weighted by atomic mass is 31.2. The summed E-state index contributed by atoms with van der Waals surface area (Å²) in [7, 11) is -9.89. The van der Waals surface area contributed by atoms with Gasteiger partial charge in [0.2, 0.25) is 0 Å². The highest BCUT2D eigenvalue weighted by Gasteiger charge is 2.30. The second-order valence-corrected chi connectivity index (χ2v) is 27.5. The van der Waals surface area contributed by atoms with Gasteiger partial charge in [0.05, 0.1) is 26.4 Å². The van der Waals surface area contributed by atoms with E-state index >= 15 is 0 Å². The minimum absolute atomic E-state index is 0.107. The average molecular weight is 1280 g/mol. The largest absolute Gasteiger partial charge is 0.472 e. The molecule has 5 atom stereocenters. The molecular weight excluding hydrogens is 1150 g/mol. The van der Waals surface area contributed by atoms with Gasteiger partial charge in [0.25, 0.3) is 0 Å². The van der Waals surface area contributed by atoms with Crippen molar-refractivity contribution in [3.05, 3.63) is 0 Å². The molecule has 0 amide bonds. The minimum atomic E-state index is -4.95. The van der Waals surface area contributed by atoms with Crippen LogP contribution in [-0.2, 0) is 65.4 Å². The van der Waals surface area contributed by atoms with Crippen LogP contribution in [0.15, 0.2) is 0 Å². The van der Waals surface area contributed by atoms with Crippen molar-refractivity contribution >= 4 is 39.5 Å². The second-order valence-electron chi connectivity index (χ2n) is 24.6. The number of rotatable bonds is 69. The van der Waals surface area contributed by atoms with Gasteiger partial charge in [-0.3, -0.25) is 37.3 Å². The van der Waals surface area contributed by atoms with E-state index < -0.39 is 97.5 Å². The van der Waals surface area contributed by atoms with E-state index in [1.807, 2.05) is 0 Å². The molecule has 0 aromatic rings. The molecular formula is C68H132O17P2. The van der Waals surface area contributed by atoms with Gasteiger partial charge in [-0.1, -0.05) is 304 Å². The van der Waals surface area contributed by atoms with Gasteiger partial charge in [0, 0.05) is 25.7 Å². The quantitative estimate of drug-likeness (QED) is 0.0222. The van der Waals surface area contributed by atoms with Crippen LogP contribution in [0.25, 0.3) is 0 Å². The SMILES string of the molecule is CCCCCCCCCCCCCCCC(=O)OC[C@H](COP(=O)(O)OC[C@H](O)COP(=O)(O)OC[C@@H](COC(=O)CCCCCCCCCCCCCC)OC(=O)CCCCCCCCCCCCCCC)OC(=O)CCCCCCCCCCC. The number of phosphoric acid groups is 2. The van der Waals surface area contributed by atoms with Crippen LogP contribution in [-0.4, -0.2) is 96.7 Å². The predicted molar refractivity (Wildman–Crippen MR) is 349 cm³/mol. The van der Waals surface area contributed by atoms with Crippen LogP contribution in [0.5, 0.6) is 0 Å². The van der Waals surface area contributed by atoms with E-state index in [9.17, 15) is 43.2 Å². The number of aliphatic hydroxyl groups is 1. The van der Waals surface area contributed by atoms with Gasteiger partial charge in [0.1, 0.15) is 19.3 Å². The highest BCUT2D eigenvalue weighted by molar-refractivity contribution is 7.47. The van der Waals surface area contributed by atoms with E-state index in [4.69, 9.17) is 37.0 Å². The molecule has 0 saturated heterocycles. The zero-order valence-electron chi connectivity index (χ0n) is 56.0. The number of phosphoric ester groups is 2. The van der Waals surface area contributed by atoms with Gasteiger partial charge in [-0.05, 0) is 25.7 Å². The van der Waals surface area contributed by atoms with Crippen LogP contribution < -0.4 is 0 Å². The van der Waals surface area contributed by atoms with Crippen LogP contribution in [0.2, 0.25) is 0 Å². The van der Waals surface area contributed by atoms with E-state index in [1.54, 1.807) is 0 Å². The number of carbonyl (C=O) groups excluding carboxylic acids is 4. The Kier molecular flexibility index (Phi) is 61.4. The lowest BCUT2D eigenvalue weighted by Crippen LogP contribution is -2.30. The monoisotopic (exact) mass is 1280 g/mol. The van der Waals surface area contributed by atoms with Crippen molar-refractivity contribution in [3.63, 3.8) is 0 Å². The molecule has 0 aliphatic rings. The van der Waals surface area contributed by atoms with E-state index in [-0.39, 0.29) is 25.7 Å². The lowest BCUT2D eigenvalue weighted by molar-refractivity contribution is -0.161. The molecule has 0 bridgehead atoms. The van der Waals surface area contributed by atoms with Crippen molar-refractivity contribution in [2.45, 2.75) is 373 Å². The summed E-state index contributed by atoms with van der Waals surface area (Å²) in [5, 5.41) is 10.6. The Bertz CT molecular complexity index is 1670. The average Bonchev–Trinajstić information content (AvgIpc) is 3.66. The van der Waals surface area contributed by atoms with Crippen molar-refractivity contribution in [3.8, 4) is 0 Å². The van der Waals surface area contributed by atoms with Crippen LogP contribution in [0.3, 0.4) is 0 Å². The van der Waals surface area contributed by atoms with Crippen molar-refractivity contribution in [2.75, 3.05) is 39.6 Å². The number of ether oxygens (including phenoxy) is 4. The molecule has 0 aliphatic carbocycles. The van der Waals surface area contributed by atoms with Crippen LogP contribution >= 0.6 is 15.6 Å². The van der Waals surface area contributed by atoms with Gasteiger partial charge in [-0.15, -0.1) is 0 Å². The fourth-order valence-corrected chi connectivity index (χ4v) is 11.9. The normalized spacial score (nSPS) is 14.1. The predicted octanol–water partition coefficient (Wildman–Crippen LogP) is 19.5. The van der Waals surface area contributed by atoms with Gasteiger partial charge >= 0.3 is 39.5 Å². The van der Waals surface area contributed by atoms with Gasteiger partial charge < -0.3 is 33.8 Å². The molecule has 87 heavy (non-hydrogen) atoms. The minimum Gasteiger partial charge on any atom is -0.462 e. The highest BCUT2D eigenvalue weighted by Crippen LogP contribution is 2.45. The van der Waals surface area contributed by atoms with Gasteiger partial charge in [-0.2, -0.15) is 0 Å². The maximum Gasteiger partial charge on any atom is 0.472 e. The fourth-order valence-electron chi connectivity index (χ4n) is 10.3. The van der Waals surface area contributed by atoms with Crippen molar-refractivity contribution in [1.29, 1.82) is 0 Å². The van der Waals surface area contributed by atoms with E-state index in [0.29, 0.717) is 25.7 Å². The molecule has 19 heteroatoms. The summed E-state index contributed by atoms with van der Waals surface area (Å²) in [5.41, 5.74) is 0. The summed E-state index contributed by atoms with van der Waals surface area (Å²) in [6.45, 7) is 4.92.